The molecule has 1 aromatic heterocycles. The van der Waals surface area contributed by atoms with Crippen molar-refractivity contribution in [1.29, 1.82) is 0 Å². The number of nitrogens with zero attached hydrogens (tertiary/aromatic N) is 2. The standard InChI is InChI=1S/C12H13N3/c1-8-4-3-5-10(6-8)12-9(2)15-11(13)7-14-12/h3-7H,1-2H3,(H2,13,15). The largest absolute Gasteiger partial charge is 0.382 e. The lowest BCUT2D eigenvalue weighted by molar-refractivity contribution is 1.13. The van der Waals surface area contributed by atoms with Crippen LogP contribution in [0.2, 0.25) is 0 Å². The van der Waals surface area contributed by atoms with Crippen LogP contribution in [0, 0.1) is 13.8 Å². The Balaban J connectivity index is 2.54. The maximum absolute atomic E-state index is 5.56. The van der Waals surface area contributed by atoms with E-state index in [1.165, 1.54) is 5.56 Å². The summed E-state index contributed by atoms with van der Waals surface area (Å²) in [7, 11) is 0. The van der Waals surface area contributed by atoms with E-state index in [1.54, 1.807) is 6.20 Å². The maximum Gasteiger partial charge on any atom is 0.142 e. The number of benzene rings is 1. The van der Waals surface area contributed by atoms with Crippen molar-refractivity contribution in [2.75, 3.05) is 5.73 Å². The lowest BCUT2D eigenvalue weighted by Gasteiger charge is -2.05. The predicted octanol–water partition coefficient (Wildman–Crippen LogP) is 2.34. The van der Waals surface area contributed by atoms with Gasteiger partial charge in [0.25, 0.3) is 0 Å². The van der Waals surface area contributed by atoms with Crippen LogP contribution in [-0.2, 0) is 0 Å². The first-order valence-electron chi connectivity index (χ1n) is 4.83. The lowest BCUT2D eigenvalue weighted by Crippen LogP contribution is -1.97. The van der Waals surface area contributed by atoms with Crippen LogP contribution in [-0.4, -0.2) is 9.97 Å². The molecule has 3 nitrogen and oxygen atoms in total. The van der Waals surface area contributed by atoms with Gasteiger partial charge in [0.15, 0.2) is 0 Å². The highest BCUT2D eigenvalue weighted by Crippen LogP contribution is 2.20. The molecule has 2 N–H and O–H groups in total. The van der Waals surface area contributed by atoms with Crippen LogP contribution in [0.5, 0.6) is 0 Å². The van der Waals surface area contributed by atoms with Crippen molar-refractivity contribution in [2.24, 2.45) is 0 Å². The molecule has 2 rings (SSSR count). The molecule has 0 atom stereocenters. The molecule has 3 heteroatoms. The number of hydrogen-bond donors (Lipinski definition) is 1. The fourth-order valence-electron chi connectivity index (χ4n) is 1.58. The Morgan fingerprint density at radius 3 is 2.67 bits per heavy atom. The summed E-state index contributed by atoms with van der Waals surface area (Å²) in [6, 6.07) is 8.19. The molecule has 0 bridgehead atoms. The minimum absolute atomic E-state index is 0.462. The summed E-state index contributed by atoms with van der Waals surface area (Å²) in [5.74, 6) is 0.462. The van der Waals surface area contributed by atoms with Crippen molar-refractivity contribution in [3.8, 4) is 11.3 Å². The van der Waals surface area contributed by atoms with E-state index in [-0.39, 0.29) is 0 Å². The number of aryl methyl sites for hydroxylation is 2. The Labute approximate surface area is 89.0 Å². The summed E-state index contributed by atoms with van der Waals surface area (Å²) in [4.78, 5) is 8.50. The summed E-state index contributed by atoms with van der Waals surface area (Å²) < 4.78 is 0. The molecule has 1 aromatic carbocycles. The van der Waals surface area contributed by atoms with E-state index in [9.17, 15) is 0 Å². The smallest absolute Gasteiger partial charge is 0.142 e. The Bertz CT molecular complexity index is 492. The monoisotopic (exact) mass is 199 g/mol. The van der Waals surface area contributed by atoms with E-state index in [0.29, 0.717) is 5.82 Å². The third-order valence-electron chi connectivity index (χ3n) is 2.26. The van der Waals surface area contributed by atoms with Gasteiger partial charge in [0.2, 0.25) is 0 Å². The van der Waals surface area contributed by atoms with Crippen molar-refractivity contribution in [3.05, 3.63) is 41.7 Å². The Kier molecular flexibility index (Phi) is 2.37. The summed E-state index contributed by atoms with van der Waals surface area (Å²) in [5, 5.41) is 0. The van der Waals surface area contributed by atoms with Crippen LogP contribution >= 0.6 is 0 Å². The van der Waals surface area contributed by atoms with Gasteiger partial charge in [0.1, 0.15) is 5.82 Å². The lowest BCUT2D eigenvalue weighted by atomic mass is 10.1. The Morgan fingerprint density at radius 1 is 1.20 bits per heavy atom. The second-order valence-electron chi connectivity index (χ2n) is 3.60. The molecule has 15 heavy (non-hydrogen) atoms. The molecule has 0 fully saturated rings. The van der Waals surface area contributed by atoms with Gasteiger partial charge in [-0.1, -0.05) is 23.8 Å². The molecular weight excluding hydrogens is 186 g/mol. The average Bonchev–Trinajstić information content (AvgIpc) is 2.17. The van der Waals surface area contributed by atoms with Gasteiger partial charge in [-0.25, -0.2) is 4.98 Å². The van der Waals surface area contributed by atoms with Crippen molar-refractivity contribution in [2.45, 2.75) is 13.8 Å². The molecule has 0 radical (unpaired) electrons. The van der Waals surface area contributed by atoms with Crippen molar-refractivity contribution in [1.82, 2.24) is 9.97 Å². The van der Waals surface area contributed by atoms with Crippen molar-refractivity contribution < 1.29 is 0 Å². The first-order chi connectivity index (χ1) is 7.16. The van der Waals surface area contributed by atoms with Crippen LogP contribution < -0.4 is 5.73 Å². The van der Waals surface area contributed by atoms with Gasteiger partial charge in [0, 0.05) is 5.56 Å². The molecule has 0 aliphatic carbocycles. The SMILES string of the molecule is Cc1cccc(-c2ncc(N)nc2C)c1. The first-order valence-corrected chi connectivity index (χ1v) is 4.83. The fourth-order valence-corrected chi connectivity index (χ4v) is 1.58. The summed E-state index contributed by atoms with van der Waals surface area (Å²) >= 11 is 0. The highest BCUT2D eigenvalue weighted by Gasteiger charge is 2.04. The maximum atomic E-state index is 5.56. The molecule has 0 saturated heterocycles. The number of nitrogen functional groups attached to an aromatic ring is 1. The van der Waals surface area contributed by atoms with Crippen LogP contribution in [0.25, 0.3) is 11.3 Å². The second-order valence-corrected chi connectivity index (χ2v) is 3.60. The van der Waals surface area contributed by atoms with E-state index in [0.717, 1.165) is 17.0 Å². The summed E-state index contributed by atoms with van der Waals surface area (Å²) in [6.07, 6.45) is 1.59. The van der Waals surface area contributed by atoms with E-state index in [4.69, 9.17) is 5.73 Å². The van der Waals surface area contributed by atoms with Gasteiger partial charge in [0.05, 0.1) is 17.6 Å². The van der Waals surface area contributed by atoms with Gasteiger partial charge in [-0.3, -0.25) is 4.98 Å². The second kappa shape index (κ2) is 3.69. The molecule has 2 aromatic rings. The van der Waals surface area contributed by atoms with Crippen LogP contribution in [0.3, 0.4) is 0 Å². The first kappa shape index (κ1) is 9.65. The van der Waals surface area contributed by atoms with Gasteiger partial charge in [-0.2, -0.15) is 0 Å². The number of aromatic nitrogens is 2. The minimum atomic E-state index is 0.462. The number of nitrogens with two attached hydrogens (primary N) is 1. The van der Waals surface area contributed by atoms with E-state index in [1.807, 2.05) is 19.1 Å². The Morgan fingerprint density at radius 2 is 2.00 bits per heavy atom. The zero-order chi connectivity index (χ0) is 10.8. The molecule has 0 amide bonds. The molecule has 1 heterocycles. The quantitative estimate of drug-likeness (QED) is 0.767. The molecule has 0 aliphatic heterocycles. The van der Waals surface area contributed by atoms with E-state index in [2.05, 4.69) is 29.0 Å². The van der Waals surface area contributed by atoms with E-state index >= 15 is 0 Å². The fraction of sp³-hybridized carbons (Fsp3) is 0.167. The third-order valence-corrected chi connectivity index (χ3v) is 2.26. The number of anilines is 1. The van der Waals surface area contributed by atoms with Crippen LogP contribution in [0.1, 0.15) is 11.3 Å². The zero-order valence-corrected chi connectivity index (χ0v) is 8.86. The molecule has 76 valence electrons. The highest BCUT2D eigenvalue weighted by molar-refractivity contribution is 5.62. The molecular formula is C12H13N3. The van der Waals surface area contributed by atoms with Crippen molar-refractivity contribution >= 4 is 5.82 Å². The topological polar surface area (TPSA) is 51.8 Å². The molecule has 0 spiro atoms. The minimum Gasteiger partial charge on any atom is -0.382 e. The van der Waals surface area contributed by atoms with Crippen LogP contribution in [0.15, 0.2) is 30.5 Å². The average molecular weight is 199 g/mol. The van der Waals surface area contributed by atoms with Gasteiger partial charge in [-0.05, 0) is 19.9 Å². The predicted molar refractivity (Wildman–Crippen MR) is 61.4 cm³/mol. The number of hydrogen-bond acceptors (Lipinski definition) is 3. The van der Waals surface area contributed by atoms with Gasteiger partial charge < -0.3 is 5.73 Å². The summed E-state index contributed by atoms with van der Waals surface area (Å²) in [5.41, 5.74) is 9.62. The van der Waals surface area contributed by atoms with Crippen molar-refractivity contribution in [3.63, 3.8) is 0 Å². The van der Waals surface area contributed by atoms with Gasteiger partial charge in [-0.15, -0.1) is 0 Å². The van der Waals surface area contributed by atoms with Gasteiger partial charge >= 0.3 is 0 Å². The van der Waals surface area contributed by atoms with E-state index < -0.39 is 0 Å². The zero-order valence-electron chi connectivity index (χ0n) is 8.86. The normalized spacial score (nSPS) is 10.3. The molecule has 0 unspecified atom stereocenters. The molecule has 0 aliphatic rings. The highest BCUT2D eigenvalue weighted by atomic mass is 14.9. The Hall–Kier alpha value is -1.90. The third kappa shape index (κ3) is 1.96. The number of rotatable bonds is 1. The summed E-state index contributed by atoms with van der Waals surface area (Å²) in [6.45, 7) is 3.98. The molecule has 0 saturated carbocycles. The van der Waals surface area contributed by atoms with Crippen LogP contribution in [0.4, 0.5) is 5.82 Å².